The van der Waals surface area contributed by atoms with E-state index >= 15 is 0 Å². The Morgan fingerprint density at radius 2 is 1.40 bits per heavy atom. The average Bonchev–Trinajstić information content (AvgIpc) is 3.82. The van der Waals surface area contributed by atoms with Crippen molar-refractivity contribution in [2.75, 3.05) is 0 Å². The summed E-state index contributed by atoms with van der Waals surface area (Å²) in [6.07, 6.45) is 6.23. The summed E-state index contributed by atoms with van der Waals surface area (Å²) in [7, 11) is 0. The molecule has 1 spiro atoms. The Morgan fingerprint density at radius 1 is 0.635 bits per heavy atom. The standard InChI is InChI=1S/C48H33N3O/c1-28-26-48-27-30-11-8-17-42(51(30)48)38-22-36-33-14-9-15-34-37-23-39-32-13-4-5-18-45(32)52-46(39)25-44(37)50(47(33)34)43(36)24-35(38)40(48)20-19-29-10-2-3-12-31(29)41-16-6-7-21-49(28)41/h2-18,21-25,40H,1,19-20,26-27H2/q+2. The van der Waals surface area contributed by atoms with Gasteiger partial charge in [-0.25, -0.2) is 0 Å². The predicted octanol–water partition coefficient (Wildman–Crippen LogP) is 10.5. The van der Waals surface area contributed by atoms with E-state index in [2.05, 4.69) is 147 Å². The van der Waals surface area contributed by atoms with E-state index in [4.69, 9.17) is 11.0 Å². The third kappa shape index (κ3) is 3.21. The molecule has 2 atom stereocenters. The zero-order valence-corrected chi connectivity index (χ0v) is 28.6. The highest BCUT2D eigenvalue weighted by Gasteiger charge is 2.63. The van der Waals surface area contributed by atoms with Gasteiger partial charge in [-0.05, 0) is 73.0 Å². The summed E-state index contributed by atoms with van der Waals surface area (Å²) in [6, 6.07) is 47.5. The Hall–Kier alpha value is -6.26. The molecule has 4 nitrogen and oxygen atoms in total. The van der Waals surface area contributed by atoms with Crippen LogP contribution in [-0.4, -0.2) is 4.40 Å². The number of hydrogen-bond acceptors (Lipinski definition) is 1. The minimum Gasteiger partial charge on any atom is -0.456 e. The second-order valence-corrected chi connectivity index (χ2v) is 15.4. The lowest BCUT2D eigenvalue weighted by molar-refractivity contribution is -0.809. The number of benzene rings is 5. The topological polar surface area (TPSA) is 25.3 Å². The first-order valence-electron chi connectivity index (χ1n) is 18.6. The summed E-state index contributed by atoms with van der Waals surface area (Å²) in [5.41, 5.74) is 16.3. The highest BCUT2D eigenvalue weighted by Crippen LogP contribution is 2.54. The van der Waals surface area contributed by atoms with Crippen LogP contribution in [0.5, 0.6) is 0 Å². The summed E-state index contributed by atoms with van der Waals surface area (Å²) in [6.45, 7) is 4.81. The molecule has 8 heterocycles. The van der Waals surface area contributed by atoms with Crippen molar-refractivity contribution in [1.29, 1.82) is 0 Å². The normalized spacial score (nSPS) is 19.2. The number of fused-ring (bicyclic) bond motifs is 15. The summed E-state index contributed by atoms with van der Waals surface area (Å²) >= 11 is 0. The summed E-state index contributed by atoms with van der Waals surface area (Å²) < 4.78 is 14.1. The number of aryl methyl sites for hydroxylation is 1. The van der Waals surface area contributed by atoms with Crippen molar-refractivity contribution in [3.63, 3.8) is 0 Å². The zero-order valence-electron chi connectivity index (χ0n) is 28.6. The minimum atomic E-state index is -0.0867. The largest absolute Gasteiger partial charge is 0.456 e. The van der Waals surface area contributed by atoms with E-state index in [0.29, 0.717) is 5.92 Å². The van der Waals surface area contributed by atoms with Gasteiger partial charge in [-0.3, -0.25) is 0 Å². The number of aromatic nitrogens is 3. The molecule has 0 bridgehead atoms. The molecule has 0 saturated carbocycles. The lowest BCUT2D eigenvalue weighted by Crippen LogP contribution is -2.74. The maximum absolute atomic E-state index is 6.47. The highest BCUT2D eigenvalue weighted by atomic mass is 16.3. The molecular formula is C48H33N3O+2. The first-order valence-corrected chi connectivity index (χ1v) is 18.6. The van der Waals surface area contributed by atoms with Gasteiger partial charge in [0.2, 0.25) is 11.4 Å². The summed E-state index contributed by atoms with van der Waals surface area (Å²) in [5, 5.41) is 7.55. The van der Waals surface area contributed by atoms with Crippen molar-refractivity contribution in [3.05, 3.63) is 157 Å². The van der Waals surface area contributed by atoms with Crippen molar-refractivity contribution >= 4 is 65.7 Å². The third-order valence-corrected chi connectivity index (χ3v) is 13.0. The van der Waals surface area contributed by atoms with Crippen LogP contribution in [0.15, 0.2) is 145 Å². The quantitative estimate of drug-likeness (QED) is 0.148. The van der Waals surface area contributed by atoms with Crippen molar-refractivity contribution in [2.24, 2.45) is 0 Å². The van der Waals surface area contributed by atoms with E-state index in [-0.39, 0.29) is 5.54 Å². The van der Waals surface area contributed by atoms with E-state index in [9.17, 15) is 0 Å². The molecular weight excluding hydrogens is 635 g/mol. The molecule has 3 aliphatic heterocycles. The van der Waals surface area contributed by atoms with Gasteiger partial charge >= 0.3 is 0 Å². The van der Waals surface area contributed by atoms with Crippen molar-refractivity contribution in [3.8, 4) is 22.5 Å². The zero-order chi connectivity index (χ0) is 33.9. The van der Waals surface area contributed by atoms with Gasteiger partial charge in [0.15, 0.2) is 23.1 Å². The van der Waals surface area contributed by atoms with Crippen LogP contribution >= 0.6 is 0 Å². The molecule has 0 fully saturated rings. The van der Waals surface area contributed by atoms with Crippen LogP contribution in [0.1, 0.15) is 35.6 Å². The highest BCUT2D eigenvalue weighted by molar-refractivity contribution is 6.26. The van der Waals surface area contributed by atoms with Gasteiger partial charge in [0.25, 0.3) is 0 Å². The number of rotatable bonds is 0. The average molecular weight is 668 g/mol. The molecule has 3 aliphatic rings. The fraction of sp³-hybridized carbons (Fsp3) is 0.125. The van der Waals surface area contributed by atoms with E-state index in [1.807, 2.05) is 0 Å². The predicted molar refractivity (Wildman–Crippen MR) is 209 cm³/mol. The number of para-hydroxylation sites is 2. The molecule has 5 aromatic carbocycles. The van der Waals surface area contributed by atoms with E-state index < -0.39 is 0 Å². The molecule has 4 heteroatoms. The van der Waals surface area contributed by atoms with Gasteiger partial charge in [-0.1, -0.05) is 54.6 Å². The van der Waals surface area contributed by atoms with Gasteiger partial charge in [0.05, 0.1) is 40.9 Å². The second-order valence-electron chi connectivity index (χ2n) is 15.4. The molecule has 52 heavy (non-hydrogen) atoms. The lowest BCUT2D eigenvalue weighted by atomic mass is 9.62. The third-order valence-electron chi connectivity index (χ3n) is 13.0. The fourth-order valence-electron chi connectivity index (χ4n) is 10.9. The molecule has 13 rings (SSSR count). The lowest BCUT2D eigenvalue weighted by Gasteiger charge is -2.46. The van der Waals surface area contributed by atoms with Crippen molar-refractivity contribution in [1.82, 2.24) is 4.40 Å². The molecule has 0 amide bonds. The number of hydrogen-bond donors (Lipinski definition) is 0. The summed E-state index contributed by atoms with van der Waals surface area (Å²) in [5.74, 6) is 0.318. The molecule has 0 saturated heterocycles. The first-order chi connectivity index (χ1) is 25.7. The molecule has 5 aromatic heterocycles. The molecule has 244 valence electrons. The SMILES string of the molecule is C=C1CC23Cc4cccc([n+]42)-c2cc4c5cccc6c7cc8c(cc7n(c4cc2C3CCc2ccccc2-c2cccc[n+]21)c56)oc1ccccc18. The van der Waals surface area contributed by atoms with Crippen LogP contribution in [0.25, 0.3) is 88.2 Å². The van der Waals surface area contributed by atoms with Crippen LogP contribution < -0.4 is 9.13 Å². The van der Waals surface area contributed by atoms with E-state index in [1.54, 1.807) is 0 Å². The van der Waals surface area contributed by atoms with Crippen LogP contribution in [0.3, 0.4) is 0 Å². The number of nitrogens with zero attached hydrogens (tertiary/aromatic N) is 3. The number of pyridine rings is 2. The van der Waals surface area contributed by atoms with Crippen LogP contribution in [-0.2, 0) is 18.4 Å². The maximum Gasteiger partial charge on any atom is 0.218 e. The Morgan fingerprint density at radius 3 is 2.35 bits per heavy atom. The van der Waals surface area contributed by atoms with E-state index in [1.165, 1.54) is 88.2 Å². The number of allylic oxidation sites excluding steroid dienone is 1. The fourth-order valence-corrected chi connectivity index (χ4v) is 10.9. The van der Waals surface area contributed by atoms with Gasteiger partial charge in [-0.2, -0.15) is 9.13 Å². The monoisotopic (exact) mass is 667 g/mol. The first kappa shape index (κ1) is 27.5. The van der Waals surface area contributed by atoms with Crippen molar-refractivity contribution in [2.45, 2.75) is 37.1 Å². The van der Waals surface area contributed by atoms with Crippen molar-refractivity contribution < 1.29 is 13.6 Å². The van der Waals surface area contributed by atoms with Gasteiger partial charge < -0.3 is 8.82 Å². The second kappa shape index (κ2) is 9.34. The summed E-state index contributed by atoms with van der Waals surface area (Å²) in [4.78, 5) is 0. The smallest absolute Gasteiger partial charge is 0.218 e. The van der Waals surface area contributed by atoms with Gasteiger partial charge in [-0.15, -0.1) is 0 Å². The van der Waals surface area contributed by atoms with E-state index in [0.717, 1.165) is 42.5 Å². The molecule has 2 unspecified atom stereocenters. The minimum absolute atomic E-state index is 0.0867. The Kier molecular flexibility index (Phi) is 4.93. The maximum atomic E-state index is 6.47. The Bertz CT molecular complexity index is 3230. The van der Waals surface area contributed by atoms with Crippen LogP contribution in [0.4, 0.5) is 0 Å². The Balaban J connectivity index is 1.11. The number of furan rings is 1. The van der Waals surface area contributed by atoms with Gasteiger partial charge in [0, 0.05) is 68.2 Å². The van der Waals surface area contributed by atoms with Crippen LogP contribution in [0.2, 0.25) is 0 Å². The Labute approximate surface area is 299 Å². The van der Waals surface area contributed by atoms with Gasteiger partial charge in [0.1, 0.15) is 11.2 Å². The molecule has 0 N–H and O–H groups in total. The molecule has 10 aromatic rings. The molecule has 0 radical (unpaired) electrons. The van der Waals surface area contributed by atoms with Crippen LogP contribution in [0, 0.1) is 0 Å². The molecule has 0 aliphatic carbocycles.